The molecule has 1 spiro atoms. The predicted octanol–water partition coefficient (Wildman–Crippen LogP) is 3.23. The summed E-state index contributed by atoms with van der Waals surface area (Å²) in [7, 11) is 1.79. The lowest BCUT2D eigenvalue weighted by molar-refractivity contribution is 0.0657. The number of thiazole rings is 1. The Morgan fingerprint density at radius 1 is 1.28 bits per heavy atom. The number of carbonyl (C=O) groups excluding carboxylic acids is 1. The van der Waals surface area contributed by atoms with Gasteiger partial charge in [0.1, 0.15) is 11.3 Å². The molecule has 1 amide bonds. The van der Waals surface area contributed by atoms with Crippen LogP contribution in [0.25, 0.3) is 23.0 Å². The quantitative estimate of drug-likeness (QED) is 0.617. The van der Waals surface area contributed by atoms with Crippen LogP contribution in [-0.2, 0) is 12.5 Å². The molecular weight excluding hydrogens is 420 g/mol. The Labute approximate surface area is 193 Å². The minimum Gasteiger partial charge on any atom is -0.506 e. The first kappa shape index (κ1) is 20.0. The van der Waals surface area contributed by atoms with Crippen molar-refractivity contribution in [3.63, 3.8) is 0 Å². The predicted molar refractivity (Wildman–Crippen MR) is 128 cm³/mol. The standard InChI is InChI=1S/C25H30N4O2S/c1-15-17-12-16(13-19(30)21(17)28(5)27-15)22(31)29-10-8-25(9-11-29)7-6-18-20(14-25)32-23(26-18)24(2,3)4/h6,12-14,30H,7-11H2,1-5H3/i14D. The van der Waals surface area contributed by atoms with E-state index in [1.807, 2.05) is 17.9 Å². The van der Waals surface area contributed by atoms with Gasteiger partial charge in [-0.05, 0) is 43.7 Å². The van der Waals surface area contributed by atoms with Crippen LogP contribution < -0.4 is 9.88 Å². The third-order valence-corrected chi connectivity index (χ3v) is 8.13. The molecule has 0 unspecified atom stereocenters. The zero-order chi connectivity index (χ0) is 23.7. The van der Waals surface area contributed by atoms with Crippen LogP contribution in [0.3, 0.4) is 0 Å². The van der Waals surface area contributed by atoms with Gasteiger partial charge in [-0.15, -0.1) is 11.3 Å². The van der Waals surface area contributed by atoms with E-state index in [9.17, 15) is 9.90 Å². The van der Waals surface area contributed by atoms with E-state index in [0.29, 0.717) is 30.2 Å². The number of fused-ring (bicyclic) bond motifs is 2. The highest BCUT2D eigenvalue weighted by molar-refractivity contribution is 7.09. The number of phenols is 1. The van der Waals surface area contributed by atoms with Crippen molar-refractivity contribution in [1.29, 1.82) is 0 Å². The monoisotopic (exact) mass is 451 g/mol. The molecule has 3 heterocycles. The molecule has 168 valence electrons. The maximum Gasteiger partial charge on any atom is 0.254 e. The summed E-state index contributed by atoms with van der Waals surface area (Å²) in [6, 6.07) is 4.06. The maximum atomic E-state index is 13.3. The van der Waals surface area contributed by atoms with Crippen molar-refractivity contribution >= 4 is 40.3 Å². The second kappa shape index (κ2) is 7.17. The number of piperidine rings is 1. The summed E-state index contributed by atoms with van der Waals surface area (Å²) in [4.78, 5) is 20.0. The fraction of sp³-hybridized carbons (Fsp3) is 0.480. The minimum atomic E-state index is -0.225. The number of nitrogens with zero attached hydrogens (tertiary/aromatic N) is 4. The fourth-order valence-corrected chi connectivity index (χ4v) is 5.95. The van der Waals surface area contributed by atoms with E-state index in [4.69, 9.17) is 6.35 Å². The lowest BCUT2D eigenvalue weighted by Crippen LogP contribution is -2.44. The Hall–Kier alpha value is -2.67. The molecule has 1 aromatic carbocycles. The fourth-order valence-electron chi connectivity index (χ4n) is 4.80. The van der Waals surface area contributed by atoms with Crippen LogP contribution in [0.15, 0.2) is 12.1 Å². The van der Waals surface area contributed by atoms with Gasteiger partial charge < -0.3 is 10.0 Å². The summed E-state index contributed by atoms with van der Waals surface area (Å²) in [6.45, 7) is 9.54. The van der Waals surface area contributed by atoms with E-state index >= 15 is 0 Å². The Bertz CT molecular complexity index is 1400. The molecule has 1 fully saturated rings. The van der Waals surface area contributed by atoms with Crippen LogP contribution in [0.4, 0.5) is 0 Å². The topological polar surface area (TPSA) is 71.2 Å². The lowest BCUT2D eigenvalue weighted by Gasteiger charge is -2.40. The van der Waals surface area contributed by atoms with E-state index in [1.54, 1.807) is 29.1 Å². The van der Waals surface area contributed by atoms with Gasteiger partial charge in [-0.1, -0.05) is 32.9 Å². The number of aromatic hydroxyl groups is 1. The summed E-state index contributed by atoms with van der Waals surface area (Å²) < 4.78 is 11.7. The Morgan fingerprint density at radius 2 is 2.00 bits per heavy atom. The minimum absolute atomic E-state index is 0.0294. The van der Waals surface area contributed by atoms with Crippen LogP contribution >= 0.6 is 11.3 Å². The van der Waals surface area contributed by atoms with E-state index in [2.05, 4.69) is 31.9 Å². The highest BCUT2D eigenvalue weighted by atomic mass is 32.1. The number of hydrogen-bond acceptors (Lipinski definition) is 5. The normalized spacial score (nSPS) is 18.6. The molecule has 1 aliphatic carbocycles. The molecule has 3 aromatic rings. The Kier molecular flexibility index (Phi) is 4.47. The van der Waals surface area contributed by atoms with Gasteiger partial charge in [-0.25, -0.2) is 4.98 Å². The molecule has 0 atom stereocenters. The van der Waals surface area contributed by atoms with Crippen molar-refractivity contribution in [3.05, 3.63) is 38.3 Å². The Balaban J connectivity index is 1.40. The zero-order valence-electron chi connectivity index (χ0n) is 20.3. The van der Waals surface area contributed by atoms with Crippen molar-refractivity contribution < 1.29 is 11.3 Å². The molecule has 1 N–H and O–H groups in total. The number of carbonyl (C=O) groups is 1. The molecule has 0 bridgehead atoms. The van der Waals surface area contributed by atoms with Crippen LogP contribution in [0.5, 0.6) is 5.75 Å². The van der Waals surface area contributed by atoms with Crippen LogP contribution in [0.1, 0.15) is 62.5 Å². The van der Waals surface area contributed by atoms with Crippen molar-refractivity contribution in [2.24, 2.45) is 12.5 Å². The molecule has 0 radical (unpaired) electrons. The van der Waals surface area contributed by atoms with Crippen LogP contribution in [0.2, 0.25) is 0 Å². The van der Waals surface area contributed by atoms with Gasteiger partial charge in [0.2, 0.25) is 0 Å². The number of likely N-dealkylation sites (tertiary alicyclic amines) is 1. The number of benzene rings is 1. The van der Waals surface area contributed by atoms with Gasteiger partial charge >= 0.3 is 0 Å². The molecule has 5 rings (SSSR count). The van der Waals surface area contributed by atoms with Crippen molar-refractivity contribution in [3.8, 4) is 5.75 Å². The van der Waals surface area contributed by atoms with Crippen molar-refractivity contribution in [2.75, 3.05) is 13.1 Å². The van der Waals surface area contributed by atoms with E-state index in [-0.39, 0.29) is 22.5 Å². The molecule has 6 nitrogen and oxygen atoms in total. The summed E-state index contributed by atoms with van der Waals surface area (Å²) >= 11 is 1.64. The SMILES string of the molecule is [2H]C1=c2sc(C(C)(C)C)nc2=CCC12CCN(C(=O)c1cc(O)c3c(c1)c(C)nn3C)CC2. The number of amides is 1. The van der Waals surface area contributed by atoms with Gasteiger partial charge in [0, 0.05) is 36.5 Å². The first-order valence-electron chi connectivity index (χ1n) is 11.6. The third-order valence-electron chi connectivity index (χ3n) is 6.72. The van der Waals surface area contributed by atoms with Crippen molar-refractivity contribution in [1.82, 2.24) is 19.7 Å². The number of aryl methyl sites for hydroxylation is 2. The summed E-state index contributed by atoms with van der Waals surface area (Å²) in [6.07, 6.45) is 4.51. The maximum absolute atomic E-state index is 13.3. The Morgan fingerprint density at radius 3 is 2.69 bits per heavy atom. The molecule has 2 aliphatic rings. The van der Waals surface area contributed by atoms with E-state index in [0.717, 1.165) is 45.2 Å². The molecule has 1 saturated heterocycles. The number of phenolic OH excluding ortho intramolecular Hbond substituents is 1. The van der Waals surface area contributed by atoms with Gasteiger partial charge in [-0.2, -0.15) is 5.10 Å². The van der Waals surface area contributed by atoms with E-state index in [1.165, 1.54) is 0 Å². The first-order chi connectivity index (χ1) is 15.5. The second-order valence-corrected chi connectivity index (χ2v) is 11.2. The average molecular weight is 452 g/mol. The van der Waals surface area contributed by atoms with Crippen LogP contribution in [-0.4, -0.2) is 43.8 Å². The summed E-state index contributed by atoms with van der Waals surface area (Å²) in [5.41, 5.74) is 1.66. The van der Waals surface area contributed by atoms with E-state index < -0.39 is 0 Å². The highest BCUT2D eigenvalue weighted by Crippen LogP contribution is 2.39. The smallest absolute Gasteiger partial charge is 0.254 e. The largest absolute Gasteiger partial charge is 0.506 e. The number of rotatable bonds is 1. The molecule has 1 aliphatic heterocycles. The molecule has 32 heavy (non-hydrogen) atoms. The van der Waals surface area contributed by atoms with Gasteiger partial charge in [0.25, 0.3) is 5.91 Å². The second-order valence-electron chi connectivity index (χ2n) is 10.2. The van der Waals surface area contributed by atoms with Crippen LogP contribution in [0, 0.1) is 12.3 Å². The highest BCUT2D eigenvalue weighted by Gasteiger charge is 2.35. The first-order valence-corrected chi connectivity index (χ1v) is 12.0. The lowest BCUT2D eigenvalue weighted by atomic mass is 9.74. The molecule has 7 heteroatoms. The average Bonchev–Trinajstić information content (AvgIpc) is 3.33. The molecular formula is C25H30N4O2S. The van der Waals surface area contributed by atoms with Gasteiger partial charge in [-0.3, -0.25) is 9.48 Å². The molecule has 0 saturated carbocycles. The third kappa shape index (κ3) is 3.43. The van der Waals surface area contributed by atoms with Crippen molar-refractivity contribution in [2.45, 2.75) is 52.4 Å². The number of hydrogen-bond donors (Lipinski definition) is 1. The van der Waals surface area contributed by atoms with Gasteiger partial charge in [0.15, 0.2) is 0 Å². The van der Waals surface area contributed by atoms with Gasteiger partial charge in [0.05, 0.1) is 22.0 Å². The summed E-state index contributed by atoms with van der Waals surface area (Å²) in [5, 5.41) is 17.7. The molecule has 2 aromatic heterocycles. The zero-order valence-corrected chi connectivity index (χ0v) is 20.1. The number of aromatic nitrogens is 3. The summed E-state index contributed by atoms with van der Waals surface area (Å²) in [5.74, 6) is -0.00594.